The molecule has 2 rings (SSSR count). The van der Waals surface area contributed by atoms with Crippen LogP contribution in [0.15, 0.2) is 18.2 Å². The van der Waals surface area contributed by atoms with Crippen molar-refractivity contribution in [2.75, 3.05) is 13.1 Å². The van der Waals surface area contributed by atoms with E-state index in [1.165, 1.54) is 18.9 Å². The van der Waals surface area contributed by atoms with Crippen molar-refractivity contribution in [1.29, 1.82) is 0 Å². The lowest BCUT2D eigenvalue weighted by Gasteiger charge is -2.38. The molecule has 18 heavy (non-hydrogen) atoms. The predicted octanol–water partition coefficient (Wildman–Crippen LogP) is 2.91. The van der Waals surface area contributed by atoms with Crippen molar-refractivity contribution < 1.29 is 4.39 Å². The summed E-state index contributed by atoms with van der Waals surface area (Å²) in [7, 11) is 0. The Hall–Kier alpha value is -0.930. The van der Waals surface area contributed by atoms with Gasteiger partial charge < -0.3 is 5.73 Å². The Kier molecular flexibility index (Phi) is 4.03. The van der Waals surface area contributed by atoms with Crippen molar-refractivity contribution >= 4 is 0 Å². The summed E-state index contributed by atoms with van der Waals surface area (Å²) in [6.45, 7) is 7.84. The monoisotopic (exact) mass is 250 g/mol. The van der Waals surface area contributed by atoms with Gasteiger partial charge in [-0.05, 0) is 36.4 Å². The Morgan fingerprint density at radius 3 is 2.83 bits per heavy atom. The van der Waals surface area contributed by atoms with Crippen LogP contribution in [0, 0.1) is 11.2 Å². The number of halogens is 1. The second kappa shape index (κ2) is 5.37. The maximum atomic E-state index is 13.8. The molecule has 1 aromatic rings. The van der Waals surface area contributed by atoms with Gasteiger partial charge in [-0.25, -0.2) is 4.39 Å². The molecule has 1 aliphatic rings. The van der Waals surface area contributed by atoms with Crippen LogP contribution in [0.25, 0.3) is 0 Å². The van der Waals surface area contributed by atoms with Gasteiger partial charge in [0.15, 0.2) is 0 Å². The highest BCUT2D eigenvalue weighted by atomic mass is 19.1. The van der Waals surface area contributed by atoms with Crippen LogP contribution in [0.5, 0.6) is 0 Å². The molecular formula is C15H23FN2. The first kappa shape index (κ1) is 13.5. The topological polar surface area (TPSA) is 29.3 Å². The summed E-state index contributed by atoms with van der Waals surface area (Å²) in [4.78, 5) is 2.35. The maximum Gasteiger partial charge on any atom is 0.127 e. The van der Waals surface area contributed by atoms with Crippen LogP contribution in [-0.2, 0) is 13.1 Å². The summed E-state index contributed by atoms with van der Waals surface area (Å²) < 4.78 is 13.8. The number of benzene rings is 1. The van der Waals surface area contributed by atoms with Crippen molar-refractivity contribution in [1.82, 2.24) is 4.90 Å². The van der Waals surface area contributed by atoms with Crippen molar-refractivity contribution in [3.05, 3.63) is 35.1 Å². The van der Waals surface area contributed by atoms with Gasteiger partial charge in [0.25, 0.3) is 0 Å². The molecule has 0 aliphatic carbocycles. The lowest BCUT2D eigenvalue weighted by atomic mass is 9.84. The molecule has 0 aromatic heterocycles. The zero-order chi connectivity index (χ0) is 13.2. The number of nitrogens with zero attached hydrogens (tertiary/aromatic N) is 1. The van der Waals surface area contributed by atoms with Gasteiger partial charge in [-0.3, -0.25) is 4.90 Å². The molecule has 1 aromatic carbocycles. The third-order valence-electron chi connectivity index (χ3n) is 3.72. The van der Waals surface area contributed by atoms with E-state index in [0.29, 0.717) is 18.5 Å². The van der Waals surface area contributed by atoms with Gasteiger partial charge in [-0.1, -0.05) is 26.0 Å². The molecular weight excluding hydrogens is 227 g/mol. The molecule has 3 heteroatoms. The number of hydrogen-bond acceptors (Lipinski definition) is 2. The number of rotatable bonds is 3. The molecule has 1 heterocycles. The second-order valence-electron chi connectivity index (χ2n) is 6.11. The standard InChI is InChI=1S/C15H23FN2/c1-15(2)6-3-7-18(11-15)10-13-8-12(9-17)4-5-14(13)16/h4-5,8H,3,6-7,9-11,17H2,1-2H3. The minimum atomic E-state index is -0.115. The lowest BCUT2D eigenvalue weighted by Crippen LogP contribution is -2.39. The zero-order valence-corrected chi connectivity index (χ0v) is 11.4. The predicted molar refractivity (Wildman–Crippen MR) is 72.6 cm³/mol. The average Bonchev–Trinajstić information content (AvgIpc) is 2.31. The third-order valence-corrected chi connectivity index (χ3v) is 3.72. The van der Waals surface area contributed by atoms with E-state index in [4.69, 9.17) is 5.73 Å². The number of nitrogens with two attached hydrogens (primary N) is 1. The summed E-state index contributed by atoms with van der Waals surface area (Å²) >= 11 is 0. The zero-order valence-electron chi connectivity index (χ0n) is 11.4. The van der Waals surface area contributed by atoms with E-state index in [1.54, 1.807) is 6.07 Å². The molecule has 2 nitrogen and oxygen atoms in total. The van der Waals surface area contributed by atoms with E-state index in [9.17, 15) is 4.39 Å². The normalized spacial score (nSPS) is 20.0. The quantitative estimate of drug-likeness (QED) is 0.893. The number of hydrogen-bond donors (Lipinski definition) is 1. The van der Waals surface area contributed by atoms with Gasteiger partial charge in [-0.15, -0.1) is 0 Å². The van der Waals surface area contributed by atoms with Crippen molar-refractivity contribution in [2.45, 2.75) is 39.8 Å². The van der Waals surface area contributed by atoms with Gasteiger partial charge >= 0.3 is 0 Å². The van der Waals surface area contributed by atoms with Gasteiger partial charge in [0, 0.05) is 25.2 Å². The summed E-state index contributed by atoms with van der Waals surface area (Å²) in [6, 6.07) is 5.20. The molecule has 0 atom stereocenters. The fourth-order valence-corrected chi connectivity index (χ4v) is 2.80. The molecule has 1 fully saturated rings. The smallest absolute Gasteiger partial charge is 0.127 e. The lowest BCUT2D eigenvalue weighted by molar-refractivity contribution is 0.110. The SMILES string of the molecule is CC1(C)CCCN(Cc2cc(CN)ccc2F)C1. The van der Waals surface area contributed by atoms with Gasteiger partial charge in [-0.2, -0.15) is 0 Å². The molecule has 2 N–H and O–H groups in total. The first-order chi connectivity index (χ1) is 8.50. The highest BCUT2D eigenvalue weighted by molar-refractivity contribution is 5.25. The Bertz CT molecular complexity index is 415. The van der Waals surface area contributed by atoms with Gasteiger partial charge in [0.1, 0.15) is 5.82 Å². The molecule has 0 radical (unpaired) electrons. The highest BCUT2D eigenvalue weighted by Gasteiger charge is 2.26. The van der Waals surface area contributed by atoms with Crippen molar-refractivity contribution in [3.8, 4) is 0 Å². The Labute approximate surface area is 109 Å². The molecule has 100 valence electrons. The van der Waals surface area contributed by atoms with Crippen LogP contribution in [-0.4, -0.2) is 18.0 Å². The highest BCUT2D eigenvalue weighted by Crippen LogP contribution is 2.29. The fourth-order valence-electron chi connectivity index (χ4n) is 2.80. The van der Waals surface area contributed by atoms with Crippen LogP contribution in [0.1, 0.15) is 37.8 Å². The van der Waals surface area contributed by atoms with Crippen LogP contribution in [0.4, 0.5) is 4.39 Å². The first-order valence-corrected chi connectivity index (χ1v) is 6.70. The van der Waals surface area contributed by atoms with E-state index in [-0.39, 0.29) is 5.82 Å². The van der Waals surface area contributed by atoms with Gasteiger partial charge in [0.2, 0.25) is 0 Å². The van der Waals surface area contributed by atoms with Crippen molar-refractivity contribution in [2.24, 2.45) is 11.1 Å². The van der Waals surface area contributed by atoms with Crippen LogP contribution in [0.3, 0.4) is 0 Å². The Balaban J connectivity index is 2.09. The van der Waals surface area contributed by atoms with Crippen LogP contribution in [0.2, 0.25) is 0 Å². The average molecular weight is 250 g/mol. The third kappa shape index (κ3) is 3.30. The van der Waals surface area contributed by atoms with E-state index >= 15 is 0 Å². The van der Waals surface area contributed by atoms with Crippen molar-refractivity contribution in [3.63, 3.8) is 0 Å². The minimum Gasteiger partial charge on any atom is -0.326 e. The Morgan fingerprint density at radius 1 is 1.39 bits per heavy atom. The summed E-state index contributed by atoms with van der Waals surface area (Å²) in [5, 5.41) is 0. The summed E-state index contributed by atoms with van der Waals surface area (Å²) in [5.41, 5.74) is 7.73. The molecule has 0 spiro atoms. The summed E-state index contributed by atoms with van der Waals surface area (Å²) in [6.07, 6.45) is 2.46. The molecule has 0 saturated carbocycles. The number of likely N-dealkylation sites (tertiary alicyclic amines) is 1. The largest absolute Gasteiger partial charge is 0.326 e. The first-order valence-electron chi connectivity index (χ1n) is 6.70. The minimum absolute atomic E-state index is 0.115. The maximum absolute atomic E-state index is 13.8. The number of piperidine rings is 1. The fraction of sp³-hybridized carbons (Fsp3) is 0.600. The Morgan fingerprint density at radius 2 is 2.17 bits per heavy atom. The van der Waals surface area contributed by atoms with Crippen LogP contribution >= 0.6 is 0 Å². The van der Waals surface area contributed by atoms with E-state index in [0.717, 1.165) is 24.2 Å². The summed E-state index contributed by atoms with van der Waals surface area (Å²) in [5.74, 6) is -0.115. The second-order valence-corrected chi connectivity index (χ2v) is 6.11. The van der Waals surface area contributed by atoms with Gasteiger partial charge in [0.05, 0.1) is 0 Å². The van der Waals surface area contributed by atoms with E-state index in [2.05, 4.69) is 18.7 Å². The molecule has 1 saturated heterocycles. The molecule has 0 amide bonds. The van der Waals surface area contributed by atoms with E-state index < -0.39 is 0 Å². The molecule has 1 aliphatic heterocycles. The molecule has 0 bridgehead atoms. The molecule has 0 unspecified atom stereocenters. The van der Waals surface area contributed by atoms with E-state index in [1.807, 2.05) is 6.07 Å². The van der Waals surface area contributed by atoms with Crippen LogP contribution < -0.4 is 5.73 Å².